The highest BCUT2D eigenvalue weighted by Gasteiger charge is 2.24. The van der Waals surface area contributed by atoms with Gasteiger partial charge in [0, 0.05) is 12.3 Å². The lowest BCUT2D eigenvalue weighted by Crippen LogP contribution is -2.06. The highest BCUT2D eigenvalue weighted by Crippen LogP contribution is 2.25. The number of carboxylic acid groups (broad SMARTS) is 1. The van der Waals surface area contributed by atoms with Gasteiger partial charge in [-0.2, -0.15) is 0 Å². The lowest BCUT2D eigenvalue weighted by molar-refractivity contribution is 0.0693. The van der Waals surface area contributed by atoms with Gasteiger partial charge in [-0.25, -0.2) is 4.79 Å². The molecule has 4 nitrogen and oxygen atoms in total. The number of nitrogens with zero attached hydrogens (tertiary/aromatic N) is 1. The minimum atomic E-state index is -0.939. The average Bonchev–Trinajstić information content (AvgIpc) is 2.61. The van der Waals surface area contributed by atoms with Crippen LogP contribution in [0.25, 0.3) is 0 Å². The predicted octanol–water partition coefficient (Wildman–Crippen LogP) is 2.84. The van der Waals surface area contributed by atoms with Crippen LogP contribution in [-0.2, 0) is 6.42 Å². The zero-order chi connectivity index (χ0) is 11.4. The first-order chi connectivity index (χ1) is 7.11. The fourth-order valence-electron chi connectivity index (χ4n) is 1.71. The molecule has 0 spiro atoms. The van der Waals surface area contributed by atoms with Gasteiger partial charge in [0.15, 0.2) is 5.76 Å². The molecule has 0 aromatic carbocycles. The molecule has 1 rings (SSSR count). The first-order valence-corrected chi connectivity index (χ1v) is 5.33. The second-order valence-corrected chi connectivity index (χ2v) is 3.71. The highest BCUT2D eigenvalue weighted by atomic mass is 16.5. The van der Waals surface area contributed by atoms with Crippen LogP contribution in [-0.4, -0.2) is 16.2 Å². The summed E-state index contributed by atoms with van der Waals surface area (Å²) in [7, 11) is 0. The van der Waals surface area contributed by atoms with Crippen molar-refractivity contribution < 1.29 is 14.4 Å². The van der Waals surface area contributed by atoms with Gasteiger partial charge in [0.05, 0.1) is 0 Å². The Labute approximate surface area is 89.3 Å². The number of aryl methyl sites for hydroxylation is 1. The van der Waals surface area contributed by atoms with E-state index in [-0.39, 0.29) is 11.5 Å². The van der Waals surface area contributed by atoms with E-state index in [1.807, 2.05) is 13.8 Å². The van der Waals surface area contributed by atoms with E-state index in [0.717, 1.165) is 12.8 Å². The maximum Gasteiger partial charge on any atom is 0.341 e. The Bertz CT molecular complexity index is 344. The van der Waals surface area contributed by atoms with E-state index >= 15 is 0 Å². The van der Waals surface area contributed by atoms with Crippen molar-refractivity contribution in [3.63, 3.8) is 0 Å². The van der Waals surface area contributed by atoms with E-state index < -0.39 is 5.97 Å². The molecule has 0 aliphatic heterocycles. The summed E-state index contributed by atoms with van der Waals surface area (Å²) in [6.45, 7) is 5.91. The van der Waals surface area contributed by atoms with Crippen molar-refractivity contribution in [2.45, 2.75) is 46.0 Å². The molecule has 0 amide bonds. The monoisotopic (exact) mass is 211 g/mol. The van der Waals surface area contributed by atoms with Crippen LogP contribution >= 0.6 is 0 Å². The SMILES string of the molecule is CCCC(C)c1noc(CC)c1C(=O)O. The van der Waals surface area contributed by atoms with Gasteiger partial charge in [-0.3, -0.25) is 0 Å². The lowest BCUT2D eigenvalue weighted by atomic mass is 9.97. The van der Waals surface area contributed by atoms with Crippen molar-refractivity contribution in [2.24, 2.45) is 0 Å². The first-order valence-electron chi connectivity index (χ1n) is 5.33. The van der Waals surface area contributed by atoms with Crippen LogP contribution in [0.1, 0.15) is 61.3 Å². The fraction of sp³-hybridized carbons (Fsp3) is 0.636. The second kappa shape index (κ2) is 4.96. The zero-order valence-electron chi connectivity index (χ0n) is 9.41. The molecule has 15 heavy (non-hydrogen) atoms. The zero-order valence-corrected chi connectivity index (χ0v) is 9.41. The van der Waals surface area contributed by atoms with E-state index in [2.05, 4.69) is 12.1 Å². The third kappa shape index (κ3) is 2.37. The third-order valence-electron chi connectivity index (χ3n) is 2.51. The van der Waals surface area contributed by atoms with Gasteiger partial charge in [0.25, 0.3) is 0 Å². The van der Waals surface area contributed by atoms with Crippen LogP contribution in [0.3, 0.4) is 0 Å². The number of aromatic carboxylic acids is 1. The largest absolute Gasteiger partial charge is 0.477 e. The van der Waals surface area contributed by atoms with Crippen LogP contribution in [0.2, 0.25) is 0 Å². The molecule has 1 aromatic rings. The second-order valence-electron chi connectivity index (χ2n) is 3.71. The van der Waals surface area contributed by atoms with Gasteiger partial charge in [0.1, 0.15) is 11.3 Å². The predicted molar refractivity (Wildman–Crippen MR) is 56.2 cm³/mol. The van der Waals surface area contributed by atoms with Crippen LogP contribution in [0.5, 0.6) is 0 Å². The standard InChI is InChI=1S/C11H17NO3/c1-4-6-7(3)10-9(11(13)14)8(5-2)15-12-10/h7H,4-6H2,1-3H3,(H,13,14). The van der Waals surface area contributed by atoms with Gasteiger partial charge in [-0.1, -0.05) is 32.3 Å². The third-order valence-corrected chi connectivity index (χ3v) is 2.51. The Hall–Kier alpha value is -1.32. The molecule has 0 aliphatic carbocycles. The molecule has 4 heteroatoms. The molecule has 0 fully saturated rings. The van der Waals surface area contributed by atoms with Gasteiger partial charge in [-0.05, 0) is 6.42 Å². The Kier molecular flexibility index (Phi) is 3.88. The van der Waals surface area contributed by atoms with Crippen LogP contribution < -0.4 is 0 Å². The van der Waals surface area contributed by atoms with Crippen LogP contribution in [0.4, 0.5) is 0 Å². The van der Waals surface area contributed by atoms with E-state index in [9.17, 15) is 4.79 Å². The molecule has 0 saturated carbocycles. The number of aromatic nitrogens is 1. The van der Waals surface area contributed by atoms with Crippen LogP contribution in [0.15, 0.2) is 4.52 Å². The average molecular weight is 211 g/mol. The Morgan fingerprint density at radius 1 is 1.53 bits per heavy atom. The maximum absolute atomic E-state index is 11.1. The maximum atomic E-state index is 11.1. The fourth-order valence-corrected chi connectivity index (χ4v) is 1.71. The Morgan fingerprint density at radius 3 is 2.67 bits per heavy atom. The van der Waals surface area contributed by atoms with E-state index in [1.165, 1.54) is 0 Å². The van der Waals surface area contributed by atoms with Gasteiger partial charge >= 0.3 is 5.97 Å². The summed E-state index contributed by atoms with van der Waals surface area (Å²) in [5.41, 5.74) is 0.847. The topological polar surface area (TPSA) is 63.3 Å². The Balaban J connectivity index is 3.07. The number of carboxylic acids is 1. The molecule has 0 bridgehead atoms. The van der Waals surface area contributed by atoms with Crippen molar-refractivity contribution in [1.82, 2.24) is 5.16 Å². The van der Waals surface area contributed by atoms with Crippen molar-refractivity contribution in [1.29, 1.82) is 0 Å². The summed E-state index contributed by atoms with van der Waals surface area (Å²) in [5.74, 6) is -0.323. The summed E-state index contributed by atoms with van der Waals surface area (Å²) in [5, 5.41) is 13.0. The number of carbonyl (C=O) groups is 1. The molecule has 84 valence electrons. The van der Waals surface area contributed by atoms with Gasteiger partial charge in [0.2, 0.25) is 0 Å². The molecular formula is C11H17NO3. The Morgan fingerprint density at radius 2 is 2.20 bits per heavy atom. The van der Waals surface area contributed by atoms with Crippen molar-refractivity contribution in [3.8, 4) is 0 Å². The first kappa shape index (κ1) is 11.8. The normalized spacial score (nSPS) is 12.7. The minimum absolute atomic E-state index is 0.144. The number of hydrogen-bond donors (Lipinski definition) is 1. The number of hydrogen-bond acceptors (Lipinski definition) is 3. The molecule has 0 radical (unpaired) electrons. The lowest BCUT2D eigenvalue weighted by Gasteiger charge is -2.06. The summed E-state index contributed by atoms with van der Waals surface area (Å²) in [4.78, 5) is 11.1. The van der Waals surface area contributed by atoms with Crippen LogP contribution in [0, 0.1) is 0 Å². The molecule has 1 aromatic heterocycles. The summed E-state index contributed by atoms with van der Waals surface area (Å²) < 4.78 is 5.04. The quantitative estimate of drug-likeness (QED) is 0.813. The molecule has 1 heterocycles. The summed E-state index contributed by atoms with van der Waals surface area (Å²) in [6, 6.07) is 0. The van der Waals surface area contributed by atoms with E-state index in [0.29, 0.717) is 17.9 Å². The summed E-state index contributed by atoms with van der Waals surface area (Å²) >= 11 is 0. The molecule has 1 atom stereocenters. The molecule has 0 aliphatic rings. The molecule has 1 N–H and O–H groups in total. The smallest absolute Gasteiger partial charge is 0.341 e. The molecule has 0 saturated heterocycles. The van der Waals surface area contributed by atoms with Gasteiger partial charge < -0.3 is 9.63 Å². The summed E-state index contributed by atoms with van der Waals surface area (Å²) in [6.07, 6.45) is 2.50. The molecular weight excluding hydrogens is 194 g/mol. The minimum Gasteiger partial charge on any atom is -0.477 e. The highest BCUT2D eigenvalue weighted by molar-refractivity contribution is 5.90. The van der Waals surface area contributed by atoms with E-state index in [4.69, 9.17) is 9.63 Å². The van der Waals surface area contributed by atoms with E-state index in [1.54, 1.807) is 0 Å². The van der Waals surface area contributed by atoms with Gasteiger partial charge in [-0.15, -0.1) is 0 Å². The van der Waals surface area contributed by atoms with Crippen molar-refractivity contribution in [2.75, 3.05) is 0 Å². The van der Waals surface area contributed by atoms with Crippen molar-refractivity contribution >= 4 is 5.97 Å². The number of rotatable bonds is 5. The molecule has 1 unspecified atom stereocenters. The van der Waals surface area contributed by atoms with Crippen molar-refractivity contribution in [3.05, 3.63) is 17.0 Å².